The van der Waals surface area contributed by atoms with Gasteiger partial charge in [-0.15, -0.1) is 0 Å². The third kappa shape index (κ3) is 20.2. The molecular weight excluding hydrogens is 657 g/mol. The van der Waals surface area contributed by atoms with Gasteiger partial charge in [-0.2, -0.15) is 0 Å². The maximum atomic E-state index is 13.6. The lowest BCUT2D eigenvalue weighted by molar-refractivity contribution is -0.302. The molecule has 0 saturated carbocycles. The molecule has 50 heavy (non-hydrogen) atoms. The van der Waals surface area contributed by atoms with Gasteiger partial charge in [0.1, 0.15) is 30.5 Å². The van der Waals surface area contributed by atoms with Crippen molar-refractivity contribution in [1.29, 1.82) is 0 Å². The van der Waals surface area contributed by atoms with Gasteiger partial charge in [-0.1, -0.05) is 135 Å². The molecule has 7 unspecified atom stereocenters. The average Bonchev–Trinajstić information content (AvgIpc) is 3.62. The second-order valence-corrected chi connectivity index (χ2v) is 18.0. The predicted molar refractivity (Wildman–Crippen MR) is 204 cm³/mol. The number of aliphatic hydroxyl groups excluding tert-OH is 5. The number of unbranched alkanes of at least 4 members (excludes halogenated alkanes) is 19. The number of hydrogen-bond donors (Lipinski definition) is 6. The monoisotopic (exact) mass is 735 g/mol. The van der Waals surface area contributed by atoms with E-state index in [0.717, 1.165) is 44.4 Å². The summed E-state index contributed by atoms with van der Waals surface area (Å²) < 4.78 is 29.5. The highest BCUT2D eigenvalue weighted by molar-refractivity contribution is 7.92. The van der Waals surface area contributed by atoms with Crippen LogP contribution in [-0.4, -0.2) is 111 Å². The summed E-state index contributed by atoms with van der Waals surface area (Å²) in [5.41, 5.74) is 0. The van der Waals surface area contributed by atoms with Crippen molar-refractivity contribution < 1.29 is 39.2 Å². The highest BCUT2D eigenvalue weighted by Gasteiger charge is 2.44. The molecule has 2 saturated heterocycles. The fourth-order valence-corrected chi connectivity index (χ4v) is 8.96. The minimum Gasteiger partial charge on any atom is -0.394 e. The molecule has 0 spiro atoms. The van der Waals surface area contributed by atoms with Gasteiger partial charge in [-0.05, 0) is 44.7 Å². The van der Waals surface area contributed by atoms with E-state index in [4.69, 9.17) is 9.47 Å². The Morgan fingerprint density at radius 2 is 1.32 bits per heavy atom. The van der Waals surface area contributed by atoms with Crippen LogP contribution >= 0.6 is 0 Å². The zero-order chi connectivity index (χ0) is 36.5. The third-order valence-electron chi connectivity index (χ3n) is 10.7. The van der Waals surface area contributed by atoms with Crippen molar-refractivity contribution in [3.63, 3.8) is 0 Å². The lowest BCUT2D eigenvalue weighted by Crippen LogP contribution is -2.59. The van der Waals surface area contributed by atoms with Crippen molar-refractivity contribution in [3.05, 3.63) is 0 Å². The first-order valence-electron chi connectivity index (χ1n) is 20.7. The van der Waals surface area contributed by atoms with E-state index in [9.17, 15) is 29.7 Å². The predicted octanol–water partition coefficient (Wildman–Crippen LogP) is 6.23. The fraction of sp³-hybridized carbons (Fsp3) is 1.00. The van der Waals surface area contributed by atoms with E-state index in [0.29, 0.717) is 12.2 Å². The van der Waals surface area contributed by atoms with Crippen LogP contribution in [0.5, 0.6) is 0 Å². The lowest BCUT2D eigenvalue weighted by Gasteiger charge is -2.40. The fourth-order valence-electron chi connectivity index (χ4n) is 7.34. The summed E-state index contributed by atoms with van der Waals surface area (Å²) in [6.45, 7) is 3.91. The van der Waals surface area contributed by atoms with E-state index in [1.54, 1.807) is 6.26 Å². The number of hydrogen-bond acceptors (Lipinski definition) is 10. The molecule has 0 aromatic heterocycles. The van der Waals surface area contributed by atoms with Crippen LogP contribution in [0.2, 0.25) is 0 Å². The molecule has 11 heteroatoms. The Kier molecular flexibility index (Phi) is 25.8. The first kappa shape index (κ1) is 45.8. The number of nitrogens with zero attached hydrogens (tertiary/aromatic N) is 1. The van der Waals surface area contributed by atoms with E-state index in [-0.39, 0.29) is 6.61 Å². The summed E-state index contributed by atoms with van der Waals surface area (Å²) in [4.78, 5) is 0. The van der Waals surface area contributed by atoms with E-state index < -0.39 is 59.2 Å². The van der Waals surface area contributed by atoms with Crippen LogP contribution in [0.3, 0.4) is 0 Å². The van der Waals surface area contributed by atoms with Crippen molar-refractivity contribution in [2.45, 2.75) is 204 Å². The Morgan fingerprint density at radius 1 is 0.780 bits per heavy atom. The summed E-state index contributed by atoms with van der Waals surface area (Å²) in [5, 5.41) is 54.9. The Morgan fingerprint density at radius 3 is 1.86 bits per heavy atom. The lowest BCUT2D eigenvalue weighted by atomic mass is 9.99. The van der Waals surface area contributed by atoms with Gasteiger partial charge in [0, 0.05) is 21.7 Å². The molecule has 2 aliphatic rings. The molecule has 0 aromatic carbocycles. The van der Waals surface area contributed by atoms with Crippen LogP contribution in [0.25, 0.3) is 0 Å². The largest absolute Gasteiger partial charge is 0.394 e. The Labute approximate surface area is 306 Å². The van der Waals surface area contributed by atoms with E-state index >= 15 is 0 Å². The molecule has 0 radical (unpaired) electrons. The van der Waals surface area contributed by atoms with Crippen molar-refractivity contribution in [2.75, 3.05) is 38.3 Å². The Bertz CT molecular complexity index is 928. The van der Waals surface area contributed by atoms with Crippen molar-refractivity contribution in [2.24, 2.45) is 10.3 Å². The molecular formula is C39H78N2O8S. The molecule has 2 fully saturated rings. The number of nitrogens with one attached hydrogen (secondary N) is 1. The topological polar surface area (TPSA) is 161 Å². The third-order valence-corrected chi connectivity index (χ3v) is 12.5. The molecule has 2 rings (SSSR count). The van der Waals surface area contributed by atoms with E-state index in [2.05, 4.69) is 16.6 Å². The maximum Gasteiger partial charge on any atom is 0.186 e. The number of ether oxygens (including phenoxy) is 2. The van der Waals surface area contributed by atoms with Gasteiger partial charge in [-0.25, -0.2) is 4.36 Å². The van der Waals surface area contributed by atoms with Crippen molar-refractivity contribution in [3.8, 4) is 0 Å². The summed E-state index contributed by atoms with van der Waals surface area (Å²) in [7, 11) is -2.60. The molecule has 10 nitrogen and oxygen atoms in total. The summed E-state index contributed by atoms with van der Waals surface area (Å²) in [6, 6.07) is -0.794. The van der Waals surface area contributed by atoms with Crippen LogP contribution in [0.15, 0.2) is 4.36 Å². The average molecular weight is 735 g/mol. The van der Waals surface area contributed by atoms with Crippen LogP contribution < -0.4 is 5.32 Å². The van der Waals surface area contributed by atoms with Gasteiger partial charge in [0.05, 0.1) is 19.3 Å². The van der Waals surface area contributed by atoms with Gasteiger partial charge in [0.15, 0.2) is 6.29 Å². The van der Waals surface area contributed by atoms with Crippen LogP contribution in [-0.2, 0) is 19.2 Å². The minimum atomic E-state index is -2.60. The van der Waals surface area contributed by atoms with Gasteiger partial charge in [0.2, 0.25) is 0 Å². The molecule has 0 aliphatic carbocycles. The zero-order valence-electron chi connectivity index (χ0n) is 31.9. The molecule has 2 aliphatic heterocycles. The number of aliphatic hydroxyl groups is 5. The van der Waals surface area contributed by atoms with Crippen molar-refractivity contribution in [1.82, 2.24) is 5.32 Å². The zero-order valence-corrected chi connectivity index (χ0v) is 32.8. The van der Waals surface area contributed by atoms with Gasteiger partial charge in [0.25, 0.3) is 0 Å². The molecule has 0 bridgehead atoms. The van der Waals surface area contributed by atoms with Crippen LogP contribution in [0.4, 0.5) is 0 Å². The smallest absolute Gasteiger partial charge is 0.186 e. The van der Waals surface area contributed by atoms with Gasteiger partial charge in [-0.3, -0.25) is 4.21 Å². The summed E-state index contributed by atoms with van der Waals surface area (Å²) in [6.07, 6.45) is 22.3. The normalized spacial score (nSPS) is 26.5. The number of rotatable bonds is 31. The first-order chi connectivity index (χ1) is 24.2. The van der Waals surface area contributed by atoms with Crippen LogP contribution in [0, 0.1) is 5.92 Å². The second kappa shape index (κ2) is 28.1. The van der Waals surface area contributed by atoms with Crippen molar-refractivity contribution >= 4 is 9.73 Å². The van der Waals surface area contributed by atoms with Crippen LogP contribution in [0.1, 0.15) is 161 Å². The first-order valence-corrected chi connectivity index (χ1v) is 22.8. The highest BCUT2D eigenvalue weighted by atomic mass is 32.2. The Hall–Kier alpha value is -0.370. The minimum absolute atomic E-state index is 0.162. The molecule has 0 aromatic rings. The van der Waals surface area contributed by atoms with E-state index in [1.807, 2.05) is 0 Å². The summed E-state index contributed by atoms with van der Waals surface area (Å²) in [5.74, 6) is 1.33. The van der Waals surface area contributed by atoms with Gasteiger partial charge >= 0.3 is 0 Å². The standard InChI is InChI=1S/C39H78N2O8S/c1-3-4-5-6-7-8-9-10-11-12-16-19-22-25-34(43)33(31-48-39-38(46)37(45)36(44)35(30-42)49-39)41-50(2,47)28-23-20-17-14-13-15-18-21-24-32-26-27-40-29-32/h32-40,42-46H,3-31H2,1-2H3/t32?,33-,34+,35?,36?,37?,38?,39?,50?/m0/s1. The highest BCUT2D eigenvalue weighted by Crippen LogP contribution is 2.24. The maximum absolute atomic E-state index is 13.6. The molecule has 2 heterocycles. The quantitative estimate of drug-likeness (QED) is 0.0454. The Balaban J connectivity index is 1.75. The SMILES string of the molecule is CCCCCCCCCCCCCCC[C@@H](O)[C@H](COC1OC(CO)C(O)C(O)C1O)N=S(C)(=O)CCCCCCCCCCC1CCNC1. The van der Waals surface area contributed by atoms with E-state index in [1.165, 1.54) is 122 Å². The van der Waals surface area contributed by atoms with Gasteiger partial charge < -0.3 is 40.3 Å². The summed E-state index contributed by atoms with van der Waals surface area (Å²) >= 11 is 0. The molecule has 6 N–H and O–H groups in total. The molecule has 9 atom stereocenters. The molecule has 0 amide bonds. The molecule has 298 valence electrons. The second-order valence-electron chi connectivity index (χ2n) is 15.4.